The van der Waals surface area contributed by atoms with Gasteiger partial charge in [-0.1, -0.05) is 0 Å². The topological polar surface area (TPSA) is 52.6 Å². The molecule has 0 saturated carbocycles. The van der Waals surface area contributed by atoms with Crippen LogP contribution in [0.3, 0.4) is 0 Å². The first-order valence-corrected chi connectivity index (χ1v) is 10.3. The van der Waals surface area contributed by atoms with Crippen LogP contribution >= 0.6 is 47.0 Å². The number of alkyl halides is 12. The summed E-state index contributed by atoms with van der Waals surface area (Å²) in [5.41, 5.74) is -22.5. The van der Waals surface area contributed by atoms with Gasteiger partial charge in [-0.05, 0) is 23.5 Å². The summed E-state index contributed by atoms with van der Waals surface area (Å²) in [5, 5.41) is -4.66. The van der Waals surface area contributed by atoms with Gasteiger partial charge in [0, 0.05) is 23.5 Å². The van der Waals surface area contributed by atoms with Gasteiger partial charge in [0.2, 0.25) is 10.2 Å². The first kappa shape index (κ1) is 26.6. The fourth-order valence-electron chi connectivity index (χ4n) is 1.21. The van der Waals surface area contributed by atoms with Crippen LogP contribution in [0.25, 0.3) is 0 Å². The molecular formula is C8F12O4S5. The Morgan fingerprint density at radius 1 is 0.517 bits per heavy atom. The van der Waals surface area contributed by atoms with E-state index in [-0.39, 0.29) is 0 Å². The number of hydrogen-bond donors (Lipinski definition) is 0. The van der Waals surface area contributed by atoms with E-state index >= 15 is 0 Å². The standard InChI is InChI=1S/C8F12O4S5/c9-5(10,11)25-1-2(26-6(12,13)14)4(28-8(18,19)20)24-29(21,22)23-3(1)27-7(15,16)17. The smallest absolute Gasteiger partial charge is 0.344 e. The largest absolute Gasteiger partial charge is 0.502 e. The van der Waals surface area contributed by atoms with Gasteiger partial charge < -0.3 is 8.37 Å². The zero-order chi connectivity index (χ0) is 23.1. The van der Waals surface area contributed by atoms with Crippen molar-refractivity contribution in [3.8, 4) is 0 Å². The molecule has 1 heterocycles. The van der Waals surface area contributed by atoms with Crippen molar-refractivity contribution in [2.45, 2.75) is 22.0 Å². The van der Waals surface area contributed by atoms with Gasteiger partial charge in [0.25, 0.3) is 0 Å². The molecule has 0 radical (unpaired) electrons. The summed E-state index contributed by atoms with van der Waals surface area (Å²) in [6.45, 7) is 0. The van der Waals surface area contributed by atoms with Crippen molar-refractivity contribution in [1.82, 2.24) is 0 Å². The molecule has 0 aromatic rings. The fourth-order valence-corrected chi connectivity index (χ4v) is 5.43. The highest BCUT2D eigenvalue weighted by atomic mass is 32.3. The monoisotopic (exact) mass is 548 g/mol. The van der Waals surface area contributed by atoms with Gasteiger partial charge in [0.15, 0.2) is 0 Å². The van der Waals surface area contributed by atoms with Gasteiger partial charge in [-0.3, -0.25) is 0 Å². The molecule has 0 aliphatic carbocycles. The van der Waals surface area contributed by atoms with Crippen molar-refractivity contribution in [2.24, 2.45) is 0 Å². The fraction of sp³-hybridized carbons (Fsp3) is 0.500. The van der Waals surface area contributed by atoms with E-state index in [1.807, 2.05) is 0 Å². The molecule has 1 aliphatic rings. The summed E-state index contributed by atoms with van der Waals surface area (Å²) in [6.07, 6.45) is 0. The minimum Gasteiger partial charge on any atom is -0.344 e. The first-order chi connectivity index (χ1) is 12.6. The lowest BCUT2D eigenvalue weighted by Crippen LogP contribution is -2.11. The number of thioether (sulfide) groups is 4. The summed E-state index contributed by atoms with van der Waals surface area (Å²) < 4.78 is 182. The third-order valence-corrected chi connectivity index (χ3v) is 6.18. The van der Waals surface area contributed by atoms with Crippen LogP contribution in [-0.2, 0) is 18.8 Å². The number of rotatable bonds is 4. The molecule has 0 aromatic carbocycles. The molecule has 0 aromatic heterocycles. The van der Waals surface area contributed by atoms with E-state index < -0.39 is 99.5 Å². The molecule has 0 fully saturated rings. The summed E-state index contributed by atoms with van der Waals surface area (Å²) in [7, 11) is -5.96. The summed E-state index contributed by atoms with van der Waals surface area (Å²) in [6, 6.07) is 0. The maximum absolute atomic E-state index is 12.7. The summed E-state index contributed by atoms with van der Waals surface area (Å²) in [5.74, 6) is 0. The van der Waals surface area contributed by atoms with Crippen LogP contribution in [0, 0.1) is 0 Å². The Hall–Kier alpha value is -0.410. The maximum atomic E-state index is 12.7. The van der Waals surface area contributed by atoms with Crippen LogP contribution in [0.15, 0.2) is 20.0 Å². The Morgan fingerprint density at radius 3 is 0.966 bits per heavy atom. The van der Waals surface area contributed by atoms with Gasteiger partial charge in [-0.15, -0.1) is 8.42 Å². The Morgan fingerprint density at radius 2 is 0.759 bits per heavy atom. The average molecular weight is 548 g/mol. The SMILES string of the molecule is O=S1(=O)OC(SC(F)(F)F)=C(SC(F)(F)F)C(SC(F)(F)F)=C(SC(F)(F)F)O1. The van der Waals surface area contributed by atoms with Crippen LogP contribution < -0.4 is 0 Å². The van der Waals surface area contributed by atoms with Crippen molar-refractivity contribution >= 4 is 57.4 Å². The molecule has 0 spiro atoms. The molecule has 0 unspecified atom stereocenters. The third-order valence-electron chi connectivity index (χ3n) is 1.78. The highest BCUT2D eigenvalue weighted by Crippen LogP contribution is 2.57. The molecule has 0 saturated heterocycles. The average Bonchev–Trinajstić information content (AvgIpc) is 2.41. The van der Waals surface area contributed by atoms with Gasteiger partial charge >= 0.3 is 32.4 Å². The highest BCUT2D eigenvalue weighted by molar-refractivity contribution is 8.12. The van der Waals surface area contributed by atoms with Crippen molar-refractivity contribution in [2.75, 3.05) is 0 Å². The van der Waals surface area contributed by atoms with E-state index in [1.165, 1.54) is 0 Å². The van der Waals surface area contributed by atoms with Crippen molar-refractivity contribution in [1.29, 1.82) is 0 Å². The first-order valence-electron chi connectivity index (χ1n) is 5.73. The van der Waals surface area contributed by atoms with Crippen molar-refractivity contribution in [3.63, 3.8) is 0 Å². The summed E-state index contributed by atoms with van der Waals surface area (Å²) >= 11 is -6.97. The molecule has 1 aliphatic heterocycles. The van der Waals surface area contributed by atoms with Crippen molar-refractivity contribution in [3.05, 3.63) is 20.0 Å². The Labute approximate surface area is 169 Å². The molecule has 0 amide bonds. The van der Waals surface area contributed by atoms with Gasteiger partial charge in [-0.2, -0.15) is 52.7 Å². The van der Waals surface area contributed by atoms with Gasteiger partial charge in [-0.25, -0.2) is 0 Å². The lowest BCUT2D eigenvalue weighted by molar-refractivity contribution is -0.0342. The zero-order valence-corrected chi connectivity index (χ0v) is 16.3. The second kappa shape index (κ2) is 8.61. The van der Waals surface area contributed by atoms with Crippen LogP contribution in [0.5, 0.6) is 0 Å². The highest BCUT2D eigenvalue weighted by Gasteiger charge is 2.48. The van der Waals surface area contributed by atoms with Crippen molar-refractivity contribution < 1.29 is 69.5 Å². The number of hydrogen-bond acceptors (Lipinski definition) is 8. The van der Waals surface area contributed by atoms with Crippen LogP contribution in [0.2, 0.25) is 0 Å². The predicted molar refractivity (Wildman–Crippen MR) is 79.7 cm³/mol. The molecule has 21 heteroatoms. The minimum absolute atomic E-state index is 1.74. The minimum atomic E-state index is -5.96. The molecule has 0 bridgehead atoms. The van der Waals surface area contributed by atoms with E-state index in [4.69, 9.17) is 0 Å². The van der Waals surface area contributed by atoms with Gasteiger partial charge in [0.05, 0.1) is 9.81 Å². The third kappa shape index (κ3) is 10.4. The Kier molecular flexibility index (Phi) is 7.91. The van der Waals surface area contributed by atoms with E-state index in [1.54, 1.807) is 0 Å². The summed E-state index contributed by atoms with van der Waals surface area (Å²) in [4.78, 5) is -4.48. The van der Waals surface area contributed by atoms with Crippen LogP contribution in [0.1, 0.15) is 0 Å². The lowest BCUT2D eigenvalue weighted by atomic mass is 10.6. The molecule has 1 rings (SSSR count). The van der Waals surface area contributed by atoms with Gasteiger partial charge in [0.1, 0.15) is 0 Å². The number of halogens is 12. The van der Waals surface area contributed by atoms with Crippen LogP contribution in [-0.4, -0.2) is 30.5 Å². The predicted octanol–water partition coefficient (Wildman–Crippen LogP) is 6.63. The van der Waals surface area contributed by atoms with E-state index in [0.717, 1.165) is 0 Å². The molecule has 29 heavy (non-hydrogen) atoms. The van der Waals surface area contributed by atoms with Crippen LogP contribution in [0.4, 0.5) is 52.7 Å². The normalized spacial score (nSPS) is 19.0. The Bertz CT molecular complexity index is 727. The maximum Gasteiger partial charge on any atom is 0.502 e. The molecular weight excluding hydrogens is 548 g/mol. The van der Waals surface area contributed by atoms with E-state index in [0.29, 0.717) is 0 Å². The molecule has 4 nitrogen and oxygen atoms in total. The zero-order valence-electron chi connectivity index (χ0n) is 12.2. The van der Waals surface area contributed by atoms with E-state index in [2.05, 4.69) is 8.37 Å². The molecule has 0 atom stereocenters. The second-order valence-electron chi connectivity index (χ2n) is 4.00. The molecule has 170 valence electrons. The molecule has 0 N–H and O–H groups in total. The second-order valence-corrected chi connectivity index (χ2v) is 9.38. The lowest BCUT2D eigenvalue weighted by Gasteiger charge is -2.17. The quantitative estimate of drug-likeness (QED) is 0.363. The Balaban J connectivity index is 3.88. The van der Waals surface area contributed by atoms with E-state index in [9.17, 15) is 61.1 Å².